The van der Waals surface area contributed by atoms with Crippen LogP contribution in [0.15, 0.2) is 54.6 Å². The molecule has 0 fully saturated rings. The van der Waals surface area contributed by atoms with Gasteiger partial charge >= 0.3 is 0 Å². The van der Waals surface area contributed by atoms with Crippen LogP contribution in [0.25, 0.3) is 0 Å². The topological polar surface area (TPSA) is 20.3 Å². The van der Waals surface area contributed by atoms with Crippen molar-refractivity contribution in [2.75, 3.05) is 7.05 Å². The number of rotatable bonds is 5. The molecule has 2 nitrogen and oxygen atoms in total. The van der Waals surface area contributed by atoms with Gasteiger partial charge in [0, 0.05) is 18.6 Å². The summed E-state index contributed by atoms with van der Waals surface area (Å²) < 4.78 is 0. The van der Waals surface area contributed by atoms with Crippen molar-refractivity contribution in [2.45, 2.75) is 18.2 Å². The number of hydrogen-bond donors (Lipinski definition) is 1. The van der Waals surface area contributed by atoms with Crippen molar-refractivity contribution in [1.82, 2.24) is 4.90 Å². The van der Waals surface area contributed by atoms with E-state index in [4.69, 9.17) is 11.6 Å². The molecule has 0 heterocycles. The molecule has 2 aromatic rings. The highest BCUT2D eigenvalue weighted by atomic mass is 35.5. The monoisotopic (exact) mass is 319 g/mol. The third-order valence-electron chi connectivity index (χ3n) is 3.27. The summed E-state index contributed by atoms with van der Waals surface area (Å²) in [7, 11) is 1.80. The lowest BCUT2D eigenvalue weighted by Crippen LogP contribution is -2.34. The maximum absolute atomic E-state index is 12.3. The SMILES string of the molecule is CN(Cc1ccc(Cl)cc1)C(=O)C(S)Cc1ccccc1. The van der Waals surface area contributed by atoms with Crippen molar-refractivity contribution in [1.29, 1.82) is 0 Å². The minimum atomic E-state index is -0.329. The Hall–Kier alpha value is -1.45. The second-order valence-electron chi connectivity index (χ2n) is 5.03. The fourth-order valence-corrected chi connectivity index (χ4v) is 2.65. The maximum atomic E-state index is 12.3. The first kappa shape index (κ1) is 15.9. The maximum Gasteiger partial charge on any atom is 0.235 e. The number of carbonyl (C=O) groups excluding carboxylic acids is 1. The van der Waals surface area contributed by atoms with E-state index < -0.39 is 0 Å². The van der Waals surface area contributed by atoms with Gasteiger partial charge in [-0.1, -0.05) is 54.1 Å². The Morgan fingerprint density at radius 2 is 1.71 bits per heavy atom. The Morgan fingerprint density at radius 1 is 1.10 bits per heavy atom. The number of thiol groups is 1. The molecule has 0 aliphatic carbocycles. The van der Waals surface area contributed by atoms with Gasteiger partial charge in [-0.2, -0.15) is 12.6 Å². The second kappa shape index (κ2) is 7.53. The number of benzene rings is 2. The van der Waals surface area contributed by atoms with E-state index in [1.165, 1.54) is 0 Å². The van der Waals surface area contributed by atoms with Gasteiger partial charge in [-0.15, -0.1) is 0 Å². The van der Waals surface area contributed by atoms with Crippen molar-refractivity contribution < 1.29 is 4.79 Å². The molecule has 0 saturated carbocycles. The van der Waals surface area contributed by atoms with Gasteiger partial charge in [0.1, 0.15) is 0 Å². The van der Waals surface area contributed by atoms with Gasteiger partial charge in [0.2, 0.25) is 5.91 Å². The van der Waals surface area contributed by atoms with Gasteiger partial charge in [0.25, 0.3) is 0 Å². The van der Waals surface area contributed by atoms with Crippen molar-refractivity contribution in [3.8, 4) is 0 Å². The first-order valence-electron chi connectivity index (χ1n) is 6.77. The molecule has 21 heavy (non-hydrogen) atoms. The molecule has 0 saturated heterocycles. The van der Waals surface area contributed by atoms with Gasteiger partial charge in [0.05, 0.1) is 5.25 Å². The molecule has 1 unspecified atom stereocenters. The highest BCUT2D eigenvalue weighted by Crippen LogP contribution is 2.14. The molecule has 0 spiro atoms. The standard InChI is InChI=1S/C17H18ClNOS/c1-19(12-14-7-9-15(18)10-8-14)17(20)16(21)11-13-5-3-2-4-6-13/h2-10,16,21H,11-12H2,1H3. The lowest BCUT2D eigenvalue weighted by atomic mass is 10.1. The lowest BCUT2D eigenvalue weighted by molar-refractivity contribution is -0.129. The molecule has 4 heteroatoms. The van der Waals surface area contributed by atoms with E-state index in [0.29, 0.717) is 18.0 Å². The normalized spacial score (nSPS) is 12.0. The van der Waals surface area contributed by atoms with Crippen LogP contribution in [0, 0.1) is 0 Å². The zero-order valence-corrected chi connectivity index (χ0v) is 13.5. The van der Waals surface area contributed by atoms with E-state index in [0.717, 1.165) is 11.1 Å². The Morgan fingerprint density at radius 3 is 2.33 bits per heavy atom. The first-order chi connectivity index (χ1) is 10.1. The summed E-state index contributed by atoms with van der Waals surface area (Å²) in [6, 6.07) is 17.4. The Bertz CT molecular complexity index is 585. The zero-order valence-electron chi connectivity index (χ0n) is 11.9. The predicted octanol–water partition coefficient (Wildman–Crippen LogP) is 3.84. The average Bonchev–Trinajstić information content (AvgIpc) is 2.49. The highest BCUT2D eigenvalue weighted by Gasteiger charge is 2.18. The largest absolute Gasteiger partial charge is 0.340 e. The Kier molecular flexibility index (Phi) is 5.71. The third-order valence-corrected chi connectivity index (χ3v) is 3.92. The molecule has 0 aromatic heterocycles. The van der Waals surface area contributed by atoms with Crippen LogP contribution in [0.3, 0.4) is 0 Å². The van der Waals surface area contributed by atoms with E-state index in [1.54, 1.807) is 11.9 Å². The van der Waals surface area contributed by atoms with Crippen LogP contribution in [-0.2, 0) is 17.8 Å². The van der Waals surface area contributed by atoms with E-state index in [1.807, 2.05) is 54.6 Å². The van der Waals surface area contributed by atoms with E-state index >= 15 is 0 Å². The van der Waals surface area contributed by atoms with Gasteiger partial charge < -0.3 is 4.90 Å². The molecule has 0 bridgehead atoms. The fourth-order valence-electron chi connectivity index (χ4n) is 2.12. The van der Waals surface area contributed by atoms with Crippen LogP contribution in [0.2, 0.25) is 5.02 Å². The summed E-state index contributed by atoms with van der Waals surface area (Å²) in [5.74, 6) is 0.0251. The van der Waals surface area contributed by atoms with Crippen LogP contribution >= 0.6 is 24.2 Å². The summed E-state index contributed by atoms with van der Waals surface area (Å²) in [6.07, 6.45) is 0.633. The van der Waals surface area contributed by atoms with E-state index in [9.17, 15) is 4.79 Å². The van der Waals surface area contributed by atoms with E-state index in [2.05, 4.69) is 12.6 Å². The lowest BCUT2D eigenvalue weighted by Gasteiger charge is -2.21. The Balaban J connectivity index is 1.93. The fraction of sp³-hybridized carbons (Fsp3) is 0.235. The molecular weight excluding hydrogens is 302 g/mol. The number of halogens is 1. The quantitative estimate of drug-likeness (QED) is 0.830. The molecule has 1 amide bonds. The summed E-state index contributed by atoms with van der Waals surface area (Å²) in [4.78, 5) is 14.0. The number of hydrogen-bond acceptors (Lipinski definition) is 2. The second-order valence-corrected chi connectivity index (χ2v) is 6.09. The molecule has 110 valence electrons. The Labute approximate surface area is 136 Å². The smallest absolute Gasteiger partial charge is 0.235 e. The molecule has 0 radical (unpaired) electrons. The molecule has 0 N–H and O–H groups in total. The van der Waals surface area contributed by atoms with Crippen molar-refractivity contribution in [3.05, 3.63) is 70.7 Å². The third kappa shape index (κ3) is 4.80. The zero-order chi connectivity index (χ0) is 15.2. The van der Waals surface area contributed by atoms with Crippen molar-refractivity contribution in [2.24, 2.45) is 0 Å². The van der Waals surface area contributed by atoms with E-state index in [-0.39, 0.29) is 11.2 Å². The van der Waals surface area contributed by atoms with Crippen LogP contribution < -0.4 is 0 Å². The minimum absolute atomic E-state index is 0.0251. The van der Waals surface area contributed by atoms with Gasteiger partial charge in [-0.3, -0.25) is 4.79 Å². The van der Waals surface area contributed by atoms with Gasteiger partial charge in [-0.25, -0.2) is 0 Å². The molecule has 2 aromatic carbocycles. The van der Waals surface area contributed by atoms with Crippen LogP contribution in [0.1, 0.15) is 11.1 Å². The van der Waals surface area contributed by atoms with Crippen molar-refractivity contribution in [3.63, 3.8) is 0 Å². The highest BCUT2D eigenvalue weighted by molar-refractivity contribution is 7.81. The van der Waals surface area contributed by atoms with Gasteiger partial charge in [-0.05, 0) is 29.7 Å². The summed E-state index contributed by atoms with van der Waals surface area (Å²) in [5.41, 5.74) is 2.17. The summed E-state index contributed by atoms with van der Waals surface area (Å²) in [5, 5.41) is 0.369. The average molecular weight is 320 g/mol. The van der Waals surface area contributed by atoms with Crippen LogP contribution in [-0.4, -0.2) is 23.1 Å². The van der Waals surface area contributed by atoms with Crippen LogP contribution in [0.4, 0.5) is 0 Å². The molecule has 1 atom stereocenters. The summed E-state index contributed by atoms with van der Waals surface area (Å²) in [6.45, 7) is 0.557. The first-order valence-corrected chi connectivity index (χ1v) is 7.67. The number of nitrogens with zero attached hydrogens (tertiary/aromatic N) is 1. The van der Waals surface area contributed by atoms with Crippen LogP contribution in [0.5, 0.6) is 0 Å². The van der Waals surface area contributed by atoms with Gasteiger partial charge in [0.15, 0.2) is 0 Å². The number of carbonyl (C=O) groups is 1. The molecule has 0 aliphatic rings. The molecule has 0 aliphatic heterocycles. The molecular formula is C17H18ClNOS. The minimum Gasteiger partial charge on any atom is -0.340 e. The number of amides is 1. The van der Waals surface area contributed by atoms with Crippen molar-refractivity contribution >= 4 is 30.1 Å². The predicted molar refractivity (Wildman–Crippen MR) is 90.8 cm³/mol. The summed E-state index contributed by atoms with van der Waals surface area (Å²) >= 11 is 10.3. The molecule has 2 rings (SSSR count).